The average Bonchev–Trinajstić information content (AvgIpc) is 3.16. The Morgan fingerprint density at radius 2 is 1.66 bits per heavy atom. The number of para-hydroxylation sites is 1. The van der Waals surface area contributed by atoms with Gasteiger partial charge in [-0.2, -0.15) is 0 Å². The van der Waals surface area contributed by atoms with Gasteiger partial charge in [0.15, 0.2) is 0 Å². The predicted octanol–water partition coefficient (Wildman–Crippen LogP) is 4.57. The molecule has 1 aromatic heterocycles. The molecule has 0 aliphatic carbocycles. The molecular weight excluding hydrogens is 422 g/mol. The first-order valence-electron chi connectivity index (χ1n) is 10.2. The van der Waals surface area contributed by atoms with E-state index in [9.17, 15) is 5.11 Å². The smallest absolute Gasteiger partial charge is 0.299 e. The van der Waals surface area contributed by atoms with Crippen LogP contribution in [-0.4, -0.2) is 22.5 Å². The van der Waals surface area contributed by atoms with Crippen molar-refractivity contribution in [1.29, 1.82) is 0 Å². The minimum absolute atomic E-state index is 0.450. The highest BCUT2D eigenvalue weighted by Gasteiger charge is 2.48. The second-order valence-corrected chi connectivity index (χ2v) is 7.97. The standard InChI is InChI=1S/C26H25ClN3O2/c1-29-17-18-30(2)25(29)26(31,22-11-7-8-12-23(22)27)24(28-20-9-5-4-6-10-20)19-13-15-21(32-3)16-14-19/h4-18,31H,1-3H3/q+1. The second-order valence-electron chi connectivity index (χ2n) is 7.56. The van der Waals surface area contributed by atoms with Gasteiger partial charge in [0.05, 0.1) is 32.6 Å². The molecule has 0 fully saturated rings. The first-order valence-corrected chi connectivity index (χ1v) is 10.6. The molecule has 0 saturated carbocycles. The lowest BCUT2D eigenvalue weighted by atomic mass is 9.83. The number of aliphatic imine (C=N–C) groups is 1. The van der Waals surface area contributed by atoms with E-state index in [1.165, 1.54) is 0 Å². The molecule has 32 heavy (non-hydrogen) atoms. The minimum atomic E-state index is -1.64. The van der Waals surface area contributed by atoms with Crippen LogP contribution in [0.5, 0.6) is 5.75 Å². The van der Waals surface area contributed by atoms with Gasteiger partial charge in [0.2, 0.25) is 5.60 Å². The summed E-state index contributed by atoms with van der Waals surface area (Å²) in [5.74, 6) is 1.34. The lowest BCUT2D eigenvalue weighted by molar-refractivity contribution is -0.683. The molecule has 4 aromatic rings. The van der Waals surface area contributed by atoms with Crippen molar-refractivity contribution < 1.29 is 14.4 Å². The maximum absolute atomic E-state index is 12.6. The zero-order valence-electron chi connectivity index (χ0n) is 18.2. The summed E-state index contributed by atoms with van der Waals surface area (Å²) in [6.07, 6.45) is 3.79. The number of methoxy groups -OCH3 is 1. The minimum Gasteiger partial charge on any atom is -0.497 e. The lowest BCUT2D eigenvalue weighted by Crippen LogP contribution is -2.49. The van der Waals surface area contributed by atoms with Crippen molar-refractivity contribution in [3.05, 3.63) is 113 Å². The highest BCUT2D eigenvalue weighted by Crippen LogP contribution is 2.37. The Bertz CT molecular complexity index is 1230. The molecule has 0 radical (unpaired) electrons. The lowest BCUT2D eigenvalue weighted by Gasteiger charge is -2.28. The highest BCUT2D eigenvalue weighted by molar-refractivity contribution is 6.32. The third-order valence-corrected chi connectivity index (χ3v) is 5.80. The largest absolute Gasteiger partial charge is 0.497 e. The maximum atomic E-state index is 12.6. The van der Waals surface area contributed by atoms with Gasteiger partial charge in [-0.15, -0.1) is 0 Å². The van der Waals surface area contributed by atoms with E-state index in [4.69, 9.17) is 21.3 Å². The van der Waals surface area contributed by atoms with Crippen molar-refractivity contribution in [2.24, 2.45) is 19.1 Å². The number of nitrogens with zero attached hydrogens (tertiary/aromatic N) is 3. The molecule has 1 heterocycles. The number of rotatable bonds is 6. The van der Waals surface area contributed by atoms with Crippen molar-refractivity contribution in [2.45, 2.75) is 5.60 Å². The second kappa shape index (κ2) is 8.99. The topological polar surface area (TPSA) is 50.6 Å². The monoisotopic (exact) mass is 446 g/mol. The molecule has 1 N–H and O–H groups in total. The number of benzene rings is 3. The van der Waals surface area contributed by atoms with Crippen LogP contribution >= 0.6 is 11.6 Å². The number of imidazole rings is 1. The molecule has 1 atom stereocenters. The molecule has 0 amide bonds. The molecule has 0 spiro atoms. The third kappa shape index (κ3) is 3.93. The van der Waals surface area contributed by atoms with Crippen LogP contribution in [0.25, 0.3) is 0 Å². The number of hydrogen-bond donors (Lipinski definition) is 1. The van der Waals surface area contributed by atoms with E-state index in [1.807, 2.05) is 108 Å². The first-order chi connectivity index (χ1) is 15.4. The van der Waals surface area contributed by atoms with E-state index >= 15 is 0 Å². The molecule has 4 rings (SSSR count). The zero-order valence-corrected chi connectivity index (χ0v) is 19.0. The average molecular weight is 447 g/mol. The summed E-state index contributed by atoms with van der Waals surface area (Å²) in [5.41, 5.74) is 0.829. The van der Waals surface area contributed by atoms with Gasteiger partial charge >= 0.3 is 0 Å². The number of aliphatic hydroxyl groups is 1. The molecule has 0 aliphatic heterocycles. The summed E-state index contributed by atoms with van der Waals surface area (Å²) in [5, 5.41) is 13.0. The van der Waals surface area contributed by atoms with Crippen LogP contribution in [-0.2, 0) is 19.7 Å². The van der Waals surface area contributed by atoms with Crippen molar-refractivity contribution in [1.82, 2.24) is 4.57 Å². The Balaban J connectivity index is 2.08. The quantitative estimate of drug-likeness (QED) is 0.348. The van der Waals surface area contributed by atoms with E-state index in [0.717, 1.165) is 17.0 Å². The van der Waals surface area contributed by atoms with Crippen molar-refractivity contribution in [3.63, 3.8) is 0 Å². The summed E-state index contributed by atoms with van der Waals surface area (Å²) in [6, 6.07) is 24.4. The molecule has 0 saturated heterocycles. The predicted molar refractivity (Wildman–Crippen MR) is 127 cm³/mol. The number of aryl methyl sites for hydroxylation is 2. The van der Waals surface area contributed by atoms with Crippen LogP contribution in [0.15, 0.2) is 96.2 Å². The number of hydrogen-bond acceptors (Lipinski definition) is 3. The molecular formula is C26H25ClN3O2+. The Labute approximate surface area is 192 Å². The SMILES string of the molecule is COc1ccc(C(=Nc2ccccc2)C(O)(c2ccccc2Cl)c2n(C)cc[n+]2C)cc1. The van der Waals surface area contributed by atoms with E-state index in [1.54, 1.807) is 13.2 Å². The van der Waals surface area contributed by atoms with Crippen LogP contribution in [0.2, 0.25) is 5.02 Å². The molecule has 0 bridgehead atoms. The molecule has 6 heteroatoms. The summed E-state index contributed by atoms with van der Waals surface area (Å²) >= 11 is 6.66. The maximum Gasteiger partial charge on any atom is 0.299 e. The van der Waals surface area contributed by atoms with Gasteiger partial charge in [-0.1, -0.05) is 48.0 Å². The van der Waals surface area contributed by atoms with Gasteiger partial charge in [-0.3, -0.25) is 0 Å². The van der Waals surface area contributed by atoms with Crippen LogP contribution in [0.3, 0.4) is 0 Å². The van der Waals surface area contributed by atoms with Gasteiger partial charge < -0.3 is 9.84 Å². The van der Waals surface area contributed by atoms with Gasteiger partial charge in [0.25, 0.3) is 5.82 Å². The summed E-state index contributed by atoms with van der Waals surface area (Å²) in [6.45, 7) is 0. The number of ether oxygens (including phenoxy) is 1. The van der Waals surface area contributed by atoms with E-state index < -0.39 is 5.60 Å². The van der Waals surface area contributed by atoms with Crippen LogP contribution in [0, 0.1) is 0 Å². The van der Waals surface area contributed by atoms with E-state index in [0.29, 0.717) is 22.1 Å². The van der Waals surface area contributed by atoms with E-state index in [-0.39, 0.29) is 0 Å². The Morgan fingerprint density at radius 3 is 2.25 bits per heavy atom. The van der Waals surface area contributed by atoms with Crippen LogP contribution in [0.4, 0.5) is 5.69 Å². The van der Waals surface area contributed by atoms with Crippen molar-refractivity contribution in [2.75, 3.05) is 7.11 Å². The highest BCUT2D eigenvalue weighted by atomic mass is 35.5. The van der Waals surface area contributed by atoms with Gasteiger partial charge in [-0.05, 0) is 42.5 Å². The number of aromatic nitrogens is 2. The molecule has 1 unspecified atom stereocenters. The Hall–Kier alpha value is -3.41. The fourth-order valence-corrected chi connectivity index (χ4v) is 4.22. The fourth-order valence-electron chi connectivity index (χ4n) is 3.94. The van der Waals surface area contributed by atoms with Crippen molar-refractivity contribution in [3.8, 4) is 5.75 Å². The van der Waals surface area contributed by atoms with Crippen LogP contribution in [0.1, 0.15) is 17.0 Å². The molecule has 3 aromatic carbocycles. The van der Waals surface area contributed by atoms with Gasteiger partial charge in [0, 0.05) is 16.1 Å². The number of halogens is 1. The fraction of sp³-hybridized carbons (Fsp3) is 0.154. The zero-order chi connectivity index (χ0) is 22.7. The first kappa shape index (κ1) is 21.8. The van der Waals surface area contributed by atoms with Crippen molar-refractivity contribution >= 4 is 23.0 Å². The van der Waals surface area contributed by atoms with Crippen LogP contribution < -0.4 is 9.30 Å². The Morgan fingerprint density at radius 1 is 1.00 bits per heavy atom. The third-order valence-electron chi connectivity index (χ3n) is 5.47. The molecule has 162 valence electrons. The molecule has 0 aliphatic rings. The van der Waals surface area contributed by atoms with E-state index in [2.05, 4.69) is 0 Å². The van der Waals surface area contributed by atoms with Gasteiger partial charge in [-0.25, -0.2) is 14.1 Å². The molecule has 5 nitrogen and oxygen atoms in total. The van der Waals surface area contributed by atoms with Gasteiger partial charge in [0.1, 0.15) is 18.1 Å². The normalized spacial score (nSPS) is 13.6. The summed E-state index contributed by atoms with van der Waals surface area (Å²) < 4.78 is 9.10. The summed E-state index contributed by atoms with van der Waals surface area (Å²) in [7, 11) is 5.41. The Kier molecular flexibility index (Phi) is 6.12. The summed E-state index contributed by atoms with van der Waals surface area (Å²) in [4.78, 5) is 4.95.